The molecule has 0 aliphatic carbocycles. The number of carbonyl (C=O) groups is 2. The Balaban J connectivity index is 1.52. The molecule has 3 aromatic carbocycles. The molecule has 0 atom stereocenters. The zero-order chi connectivity index (χ0) is 23.8. The largest absolute Gasteiger partial charge is 0.454 e. The number of hydrazone groups is 1. The topological polar surface area (TPSA) is 89.0 Å². The van der Waals surface area contributed by atoms with Crippen molar-refractivity contribution in [3.63, 3.8) is 0 Å². The summed E-state index contributed by atoms with van der Waals surface area (Å²) in [6.07, 6.45) is 5.04. The second kappa shape index (κ2) is 10.8. The van der Waals surface area contributed by atoms with E-state index in [1.807, 2.05) is 49.4 Å². The molecule has 0 spiro atoms. The maximum Gasteiger partial charge on any atom is 0.287 e. The third-order valence-corrected chi connectivity index (χ3v) is 4.86. The third-order valence-electron chi connectivity index (χ3n) is 4.86. The van der Waals surface area contributed by atoms with Crippen LogP contribution in [0.2, 0.25) is 0 Å². The Labute approximate surface area is 197 Å². The standard InChI is InChI=1S/C27H23N3O4/c1-19(14-20-8-4-2-5-9-20)17-28-30-27(32)23(29-26(31)22-10-6-3-7-11-22)15-21-12-13-24-25(16-21)34-18-33-24/h2-17H,18H2,1H3,(H,29,31)(H,30,32)/b19-14+,23-15+,28-17-. The molecular formula is C27H23N3O4. The minimum Gasteiger partial charge on any atom is -0.454 e. The lowest BCUT2D eigenvalue weighted by Gasteiger charge is -2.09. The predicted octanol–water partition coefficient (Wildman–Crippen LogP) is 4.39. The van der Waals surface area contributed by atoms with Crippen LogP contribution in [0.15, 0.2) is 95.2 Å². The highest BCUT2D eigenvalue weighted by molar-refractivity contribution is 6.05. The Morgan fingerprint density at radius 1 is 0.853 bits per heavy atom. The summed E-state index contributed by atoms with van der Waals surface area (Å²) in [5.41, 5.74) is 5.48. The van der Waals surface area contributed by atoms with E-state index in [9.17, 15) is 9.59 Å². The van der Waals surface area contributed by atoms with Crippen molar-refractivity contribution in [3.8, 4) is 11.5 Å². The average Bonchev–Trinajstić information content (AvgIpc) is 3.32. The van der Waals surface area contributed by atoms with E-state index >= 15 is 0 Å². The van der Waals surface area contributed by atoms with Crippen molar-refractivity contribution in [2.24, 2.45) is 5.10 Å². The molecule has 0 unspecified atom stereocenters. The van der Waals surface area contributed by atoms with Gasteiger partial charge in [0.15, 0.2) is 11.5 Å². The number of nitrogens with zero attached hydrogens (tertiary/aromatic N) is 1. The summed E-state index contributed by atoms with van der Waals surface area (Å²) in [6.45, 7) is 2.02. The van der Waals surface area contributed by atoms with Gasteiger partial charge < -0.3 is 14.8 Å². The molecule has 2 amide bonds. The first kappa shape index (κ1) is 22.5. The second-order valence-corrected chi connectivity index (χ2v) is 7.49. The first-order valence-electron chi connectivity index (χ1n) is 10.6. The normalized spacial score (nSPS) is 13.1. The highest BCUT2D eigenvalue weighted by atomic mass is 16.7. The lowest BCUT2D eigenvalue weighted by molar-refractivity contribution is -0.117. The molecule has 0 fully saturated rings. The Morgan fingerprint density at radius 3 is 2.32 bits per heavy atom. The molecule has 0 saturated carbocycles. The van der Waals surface area contributed by atoms with E-state index in [2.05, 4.69) is 15.8 Å². The average molecular weight is 453 g/mol. The second-order valence-electron chi connectivity index (χ2n) is 7.49. The molecule has 1 heterocycles. The van der Waals surface area contributed by atoms with E-state index < -0.39 is 11.8 Å². The van der Waals surface area contributed by atoms with Crippen molar-refractivity contribution in [3.05, 3.63) is 107 Å². The molecule has 0 bridgehead atoms. The molecule has 7 nitrogen and oxygen atoms in total. The van der Waals surface area contributed by atoms with Gasteiger partial charge >= 0.3 is 0 Å². The zero-order valence-electron chi connectivity index (χ0n) is 18.5. The first-order chi connectivity index (χ1) is 16.6. The van der Waals surface area contributed by atoms with Gasteiger partial charge in [0.2, 0.25) is 6.79 Å². The van der Waals surface area contributed by atoms with E-state index in [4.69, 9.17) is 9.47 Å². The molecule has 7 heteroatoms. The fourth-order valence-electron chi connectivity index (χ4n) is 3.21. The summed E-state index contributed by atoms with van der Waals surface area (Å²) in [5.74, 6) is 0.224. The highest BCUT2D eigenvalue weighted by Crippen LogP contribution is 2.33. The highest BCUT2D eigenvalue weighted by Gasteiger charge is 2.16. The van der Waals surface area contributed by atoms with E-state index in [1.165, 1.54) is 0 Å². The summed E-state index contributed by atoms with van der Waals surface area (Å²) in [7, 11) is 0. The Kier molecular flexibility index (Phi) is 7.15. The molecule has 170 valence electrons. The minimum absolute atomic E-state index is 0.0366. The van der Waals surface area contributed by atoms with Crippen LogP contribution in [0, 0.1) is 0 Å². The number of carbonyl (C=O) groups excluding carboxylic acids is 2. The summed E-state index contributed by atoms with van der Waals surface area (Å²) >= 11 is 0. The number of allylic oxidation sites excluding steroid dienone is 1. The van der Waals surface area contributed by atoms with Crippen LogP contribution in [0.3, 0.4) is 0 Å². The van der Waals surface area contributed by atoms with Gasteiger partial charge in [-0.2, -0.15) is 5.10 Å². The van der Waals surface area contributed by atoms with Crippen LogP contribution in [0.5, 0.6) is 11.5 Å². The quantitative estimate of drug-likeness (QED) is 0.315. The predicted molar refractivity (Wildman–Crippen MR) is 131 cm³/mol. The van der Waals surface area contributed by atoms with Crippen LogP contribution in [-0.2, 0) is 4.79 Å². The molecule has 0 radical (unpaired) electrons. The van der Waals surface area contributed by atoms with Crippen molar-refractivity contribution in [1.29, 1.82) is 0 Å². The van der Waals surface area contributed by atoms with Crippen molar-refractivity contribution in [1.82, 2.24) is 10.7 Å². The fraction of sp³-hybridized carbons (Fsp3) is 0.0741. The van der Waals surface area contributed by atoms with Gasteiger partial charge in [-0.1, -0.05) is 60.7 Å². The Hall–Kier alpha value is -4.65. The summed E-state index contributed by atoms with van der Waals surface area (Å²) in [4.78, 5) is 25.6. The van der Waals surface area contributed by atoms with Crippen LogP contribution in [0.4, 0.5) is 0 Å². The monoisotopic (exact) mass is 453 g/mol. The maximum absolute atomic E-state index is 12.9. The summed E-state index contributed by atoms with van der Waals surface area (Å²) in [6, 6.07) is 23.7. The SMILES string of the molecule is CC(/C=N\NC(=O)/C(=C\c1ccc2c(c1)OCO2)NC(=O)c1ccccc1)=C\c1ccccc1. The van der Waals surface area contributed by atoms with Gasteiger partial charge in [0, 0.05) is 5.56 Å². The van der Waals surface area contributed by atoms with Crippen molar-refractivity contribution in [2.75, 3.05) is 6.79 Å². The number of rotatable bonds is 7. The molecule has 0 aromatic heterocycles. The molecule has 2 N–H and O–H groups in total. The zero-order valence-corrected chi connectivity index (χ0v) is 18.5. The number of benzene rings is 3. The van der Waals surface area contributed by atoms with Crippen LogP contribution in [0.25, 0.3) is 12.2 Å². The summed E-state index contributed by atoms with van der Waals surface area (Å²) in [5, 5.41) is 6.71. The van der Waals surface area contributed by atoms with E-state index in [0.717, 1.165) is 11.1 Å². The van der Waals surface area contributed by atoms with Crippen molar-refractivity contribution in [2.45, 2.75) is 6.92 Å². The van der Waals surface area contributed by atoms with Gasteiger partial charge in [0.1, 0.15) is 5.70 Å². The number of nitrogens with one attached hydrogen (secondary N) is 2. The Morgan fingerprint density at radius 2 is 1.56 bits per heavy atom. The van der Waals surface area contributed by atoms with Gasteiger partial charge in [-0.3, -0.25) is 9.59 Å². The lowest BCUT2D eigenvalue weighted by Crippen LogP contribution is -2.32. The number of hydrogen-bond acceptors (Lipinski definition) is 5. The van der Waals surface area contributed by atoms with E-state index in [1.54, 1.807) is 54.8 Å². The first-order valence-corrected chi connectivity index (χ1v) is 10.6. The van der Waals surface area contributed by atoms with Crippen LogP contribution < -0.4 is 20.2 Å². The van der Waals surface area contributed by atoms with Gasteiger partial charge in [-0.25, -0.2) is 5.43 Å². The third kappa shape index (κ3) is 5.98. The van der Waals surface area contributed by atoms with E-state index in [-0.39, 0.29) is 12.5 Å². The summed E-state index contributed by atoms with van der Waals surface area (Å²) < 4.78 is 10.7. The van der Waals surface area contributed by atoms with Gasteiger partial charge in [-0.15, -0.1) is 0 Å². The number of amides is 2. The minimum atomic E-state index is -0.564. The number of ether oxygens (including phenoxy) is 2. The van der Waals surface area contributed by atoms with Gasteiger partial charge in [0.05, 0.1) is 6.21 Å². The lowest BCUT2D eigenvalue weighted by atomic mass is 10.1. The van der Waals surface area contributed by atoms with Gasteiger partial charge in [0.25, 0.3) is 11.8 Å². The molecule has 4 rings (SSSR count). The molecule has 0 saturated heterocycles. The van der Waals surface area contributed by atoms with Crippen molar-refractivity contribution < 1.29 is 19.1 Å². The van der Waals surface area contributed by atoms with Gasteiger partial charge in [-0.05, 0) is 54.0 Å². The maximum atomic E-state index is 12.9. The smallest absolute Gasteiger partial charge is 0.287 e. The van der Waals surface area contributed by atoms with Crippen LogP contribution >= 0.6 is 0 Å². The van der Waals surface area contributed by atoms with Crippen LogP contribution in [0.1, 0.15) is 28.4 Å². The molecular weight excluding hydrogens is 430 g/mol. The molecule has 1 aliphatic heterocycles. The molecule has 1 aliphatic rings. The number of fused-ring (bicyclic) bond motifs is 1. The fourth-order valence-corrected chi connectivity index (χ4v) is 3.21. The number of hydrogen-bond donors (Lipinski definition) is 2. The van der Waals surface area contributed by atoms with Crippen LogP contribution in [-0.4, -0.2) is 24.8 Å². The molecule has 3 aromatic rings. The van der Waals surface area contributed by atoms with Crippen molar-refractivity contribution >= 4 is 30.2 Å². The Bertz CT molecular complexity index is 1270. The van der Waals surface area contributed by atoms with E-state index in [0.29, 0.717) is 22.6 Å². The molecule has 34 heavy (non-hydrogen) atoms.